The average molecular weight is 251 g/mol. The lowest BCUT2D eigenvalue weighted by Crippen LogP contribution is -1.97. The van der Waals surface area contributed by atoms with Crippen LogP contribution in [0.1, 0.15) is 12.5 Å². The minimum absolute atomic E-state index is 0.777. The third kappa shape index (κ3) is 1.97. The number of nitrogens with two attached hydrogens (primary N) is 1. The van der Waals surface area contributed by atoms with Crippen LogP contribution in [0.3, 0.4) is 0 Å². The van der Waals surface area contributed by atoms with Crippen LogP contribution in [0.5, 0.6) is 0 Å². The van der Waals surface area contributed by atoms with Gasteiger partial charge in [0.15, 0.2) is 0 Å². The molecule has 0 aliphatic rings. The molecule has 2 aromatic carbocycles. The van der Waals surface area contributed by atoms with Crippen LogP contribution in [0.25, 0.3) is 22.4 Å². The molecule has 3 nitrogen and oxygen atoms in total. The second-order valence-corrected chi connectivity index (χ2v) is 4.79. The molecule has 96 valence electrons. The van der Waals surface area contributed by atoms with Crippen LogP contribution in [0.2, 0.25) is 0 Å². The lowest BCUT2D eigenvalue weighted by molar-refractivity contribution is 0.796. The third-order valence-corrected chi connectivity index (χ3v) is 3.39. The molecule has 0 saturated carbocycles. The molecule has 0 amide bonds. The number of fused-ring (bicyclic) bond motifs is 1. The van der Waals surface area contributed by atoms with Crippen molar-refractivity contribution in [1.29, 1.82) is 0 Å². The summed E-state index contributed by atoms with van der Waals surface area (Å²) in [6.45, 7) is 5.13. The summed E-state index contributed by atoms with van der Waals surface area (Å²) in [6, 6.07) is 14.3. The quantitative estimate of drug-likeness (QED) is 0.707. The van der Waals surface area contributed by atoms with E-state index >= 15 is 0 Å². The average Bonchev–Trinajstić information content (AvgIpc) is 2.77. The van der Waals surface area contributed by atoms with E-state index in [1.165, 1.54) is 11.1 Å². The normalized spacial score (nSPS) is 11.1. The van der Waals surface area contributed by atoms with Crippen molar-refractivity contribution in [2.75, 3.05) is 5.73 Å². The summed E-state index contributed by atoms with van der Waals surface area (Å²) in [6.07, 6.45) is 0. The van der Waals surface area contributed by atoms with E-state index < -0.39 is 0 Å². The van der Waals surface area contributed by atoms with Crippen molar-refractivity contribution in [2.45, 2.75) is 20.4 Å². The largest absolute Gasteiger partial charge is 0.399 e. The molecular weight excluding hydrogens is 234 g/mol. The zero-order valence-corrected chi connectivity index (χ0v) is 11.2. The molecule has 3 aromatic rings. The fraction of sp³-hybridized carbons (Fsp3) is 0.188. The van der Waals surface area contributed by atoms with Gasteiger partial charge in [-0.25, -0.2) is 4.98 Å². The number of hydrogen-bond acceptors (Lipinski definition) is 2. The first-order chi connectivity index (χ1) is 9.19. The number of imidazole rings is 1. The van der Waals surface area contributed by atoms with Gasteiger partial charge < -0.3 is 10.3 Å². The molecule has 0 unspecified atom stereocenters. The van der Waals surface area contributed by atoms with Crippen LogP contribution >= 0.6 is 0 Å². The molecular formula is C16H17N3. The van der Waals surface area contributed by atoms with Crippen molar-refractivity contribution in [3.05, 3.63) is 48.0 Å². The van der Waals surface area contributed by atoms with E-state index in [2.05, 4.69) is 36.6 Å². The Labute approximate surface area is 112 Å². The van der Waals surface area contributed by atoms with Crippen LogP contribution in [0.4, 0.5) is 5.69 Å². The van der Waals surface area contributed by atoms with Crippen molar-refractivity contribution in [3.63, 3.8) is 0 Å². The topological polar surface area (TPSA) is 43.8 Å². The lowest BCUT2D eigenvalue weighted by atomic mass is 10.2. The van der Waals surface area contributed by atoms with Gasteiger partial charge in [0.25, 0.3) is 0 Å². The van der Waals surface area contributed by atoms with E-state index in [1.807, 2.05) is 24.3 Å². The molecule has 0 spiro atoms. The highest BCUT2D eigenvalue weighted by atomic mass is 15.1. The number of rotatable bonds is 2. The van der Waals surface area contributed by atoms with Crippen LogP contribution in [-0.4, -0.2) is 9.55 Å². The summed E-state index contributed by atoms with van der Waals surface area (Å²) in [5.74, 6) is 1.00. The number of nitrogens with zero attached hydrogens (tertiary/aromatic N) is 2. The number of aryl methyl sites for hydroxylation is 2. The predicted molar refractivity (Wildman–Crippen MR) is 80.0 cm³/mol. The standard InChI is InChI=1S/C16H17N3/c1-3-19-15-9-4-11(2)10-14(15)18-16(19)12-5-7-13(17)8-6-12/h4-10H,3,17H2,1-2H3. The number of aromatic nitrogens is 2. The summed E-state index contributed by atoms with van der Waals surface area (Å²) in [7, 11) is 0. The first kappa shape index (κ1) is 11.8. The van der Waals surface area contributed by atoms with Crippen LogP contribution in [-0.2, 0) is 6.54 Å². The summed E-state index contributed by atoms with van der Waals surface area (Å²) in [5, 5.41) is 0. The van der Waals surface area contributed by atoms with Crippen molar-refractivity contribution in [3.8, 4) is 11.4 Å². The van der Waals surface area contributed by atoms with Crippen LogP contribution in [0, 0.1) is 6.92 Å². The maximum Gasteiger partial charge on any atom is 0.141 e. The number of nitrogen functional groups attached to an aromatic ring is 1. The molecule has 0 aliphatic carbocycles. The maximum absolute atomic E-state index is 5.74. The van der Waals surface area contributed by atoms with E-state index in [0.717, 1.165) is 29.1 Å². The molecule has 3 rings (SSSR count). The van der Waals surface area contributed by atoms with E-state index in [4.69, 9.17) is 10.7 Å². The monoisotopic (exact) mass is 251 g/mol. The molecule has 0 radical (unpaired) electrons. The summed E-state index contributed by atoms with van der Waals surface area (Å²) in [4.78, 5) is 4.77. The first-order valence-corrected chi connectivity index (χ1v) is 6.52. The number of benzene rings is 2. The maximum atomic E-state index is 5.74. The smallest absolute Gasteiger partial charge is 0.141 e. The zero-order valence-electron chi connectivity index (χ0n) is 11.2. The Balaban J connectivity index is 2.25. The van der Waals surface area contributed by atoms with E-state index in [1.54, 1.807) is 0 Å². The summed E-state index contributed by atoms with van der Waals surface area (Å²) in [5.41, 5.74) is 11.1. The molecule has 0 atom stereocenters. The Hall–Kier alpha value is -2.29. The fourth-order valence-corrected chi connectivity index (χ4v) is 2.41. The minimum atomic E-state index is 0.777. The van der Waals surface area contributed by atoms with Gasteiger partial charge in [-0.3, -0.25) is 0 Å². The van der Waals surface area contributed by atoms with E-state index in [0.29, 0.717) is 0 Å². The van der Waals surface area contributed by atoms with Gasteiger partial charge in [0, 0.05) is 17.8 Å². The van der Waals surface area contributed by atoms with Gasteiger partial charge in [-0.05, 0) is 55.8 Å². The third-order valence-electron chi connectivity index (χ3n) is 3.39. The van der Waals surface area contributed by atoms with Gasteiger partial charge in [0.2, 0.25) is 0 Å². The Bertz CT molecular complexity index is 724. The molecule has 0 aliphatic heterocycles. The highest BCUT2D eigenvalue weighted by Crippen LogP contribution is 2.26. The molecule has 19 heavy (non-hydrogen) atoms. The zero-order chi connectivity index (χ0) is 13.4. The van der Waals surface area contributed by atoms with E-state index in [-0.39, 0.29) is 0 Å². The molecule has 0 fully saturated rings. The van der Waals surface area contributed by atoms with Crippen LogP contribution < -0.4 is 5.73 Å². The van der Waals surface area contributed by atoms with Crippen molar-refractivity contribution in [1.82, 2.24) is 9.55 Å². The van der Waals surface area contributed by atoms with Gasteiger partial charge in [0.05, 0.1) is 11.0 Å². The SMILES string of the molecule is CCn1c(-c2ccc(N)cc2)nc2cc(C)ccc21. The highest BCUT2D eigenvalue weighted by molar-refractivity contribution is 5.81. The molecule has 1 heterocycles. The molecule has 0 bridgehead atoms. The van der Waals surface area contributed by atoms with Crippen LogP contribution in [0.15, 0.2) is 42.5 Å². The fourth-order valence-electron chi connectivity index (χ4n) is 2.41. The summed E-state index contributed by atoms with van der Waals surface area (Å²) >= 11 is 0. The molecule has 1 aromatic heterocycles. The van der Waals surface area contributed by atoms with Crippen molar-refractivity contribution in [2.24, 2.45) is 0 Å². The highest BCUT2D eigenvalue weighted by Gasteiger charge is 2.11. The van der Waals surface area contributed by atoms with E-state index in [9.17, 15) is 0 Å². The van der Waals surface area contributed by atoms with Gasteiger partial charge in [-0.2, -0.15) is 0 Å². The molecule has 0 saturated heterocycles. The minimum Gasteiger partial charge on any atom is -0.399 e. The van der Waals surface area contributed by atoms with Crippen molar-refractivity contribution >= 4 is 16.7 Å². The van der Waals surface area contributed by atoms with Gasteiger partial charge >= 0.3 is 0 Å². The first-order valence-electron chi connectivity index (χ1n) is 6.52. The second kappa shape index (κ2) is 4.43. The summed E-state index contributed by atoms with van der Waals surface area (Å²) < 4.78 is 2.24. The number of hydrogen-bond donors (Lipinski definition) is 1. The Morgan fingerprint density at radius 2 is 1.84 bits per heavy atom. The van der Waals surface area contributed by atoms with Gasteiger partial charge in [-0.15, -0.1) is 0 Å². The molecule has 3 heteroatoms. The Morgan fingerprint density at radius 1 is 1.11 bits per heavy atom. The lowest BCUT2D eigenvalue weighted by Gasteiger charge is -2.06. The number of anilines is 1. The Morgan fingerprint density at radius 3 is 2.53 bits per heavy atom. The second-order valence-electron chi connectivity index (χ2n) is 4.79. The van der Waals surface area contributed by atoms with Gasteiger partial charge in [-0.1, -0.05) is 6.07 Å². The predicted octanol–water partition coefficient (Wildman–Crippen LogP) is 3.61. The van der Waals surface area contributed by atoms with Crippen molar-refractivity contribution < 1.29 is 0 Å². The Kier molecular flexibility index (Phi) is 2.75. The van der Waals surface area contributed by atoms with Gasteiger partial charge in [0.1, 0.15) is 5.82 Å². The molecule has 2 N–H and O–H groups in total.